The van der Waals surface area contributed by atoms with Crippen LogP contribution in [0.5, 0.6) is 0 Å². The van der Waals surface area contributed by atoms with Gasteiger partial charge < -0.3 is 4.90 Å². The number of terminal acetylenes is 1. The Morgan fingerprint density at radius 2 is 2.41 bits per heavy atom. The topological polar surface area (TPSA) is 38.1 Å². The molecule has 0 N–H and O–H groups in total. The Balaban J connectivity index is 1.80. The smallest absolute Gasteiger partial charge is 0.225 e. The third-order valence-corrected chi connectivity index (χ3v) is 2.92. The minimum Gasteiger partial charge on any atom is -0.331 e. The van der Waals surface area contributed by atoms with E-state index >= 15 is 0 Å². The summed E-state index contributed by atoms with van der Waals surface area (Å²) in [5, 5.41) is 4.07. The van der Waals surface area contributed by atoms with E-state index in [1.165, 1.54) is 12.8 Å². The average molecular weight is 231 g/mol. The minimum atomic E-state index is 0.130. The molecule has 1 fully saturated rings. The molecular formula is C13H17N3O. The first-order valence-corrected chi connectivity index (χ1v) is 5.98. The molecule has 1 aromatic rings. The Hall–Kier alpha value is -1.76. The van der Waals surface area contributed by atoms with Gasteiger partial charge in [-0.2, -0.15) is 5.10 Å². The Labute approximate surface area is 102 Å². The van der Waals surface area contributed by atoms with Gasteiger partial charge in [0.1, 0.15) is 0 Å². The van der Waals surface area contributed by atoms with Gasteiger partial charge in [-0.15, -0.1) is 6.42 Å². The van der Waals surface area contributed by atoms with Crippen LogP contribution in [-0.2, 0) is 11.3 Å². The van der Waals surface area contributed by atoms with E-state index in [4.69, 9.17) is 6.42 Å². The first kappa shape index (κ1) is 11.7. The molecule has 0 spiro atoms. The van der Waals surface area contributed by atoms with Crippen molar-refractivity contribution in [2.24, 2.45) is 5.92 Å². The molecule has 90 valence electrons. The lowest BCUT2D eigenvalue weighted by Crippen LogP contribution is -2.33. The Kier molecular flexibility index (Phi) is 3.81. The summed E-state index contributed by atoms with van der Waals surface area (Å²) in [7, 11) is 0. The minimum absolute atomic E-state index is 0.130. The van der Waals surface area contributed by atoms with Crippen LogP contribution >= 0.6 is 0 Å². The molecular weight excluding hydrogens is 214 g/mol. The van der Waals surface area contributed by atoms with Crippen LogP contribution in [0.1, 0.15) is 19.3 Å². The van der Waals surface area contributed by atoms with Crippen molar-refractivity contribution >= 4 is 5.91 Å². The highest BCUT2D eigenvalue weighted by Crippen LogP contribution is 2.29. The maximum absolute atomic E-state index is 12.0. The van der Waals surface area contributed by atoms with Crippen molar-refractivity contribution in [3.05, 3.63) is 18.5 Å². The van der Waals surface area contributed by atoms with Crippen LogP contribution in [0.3, 0.4) is 0 Å². The summed E-state index contributed by atoms with van der Waals surface area (Å²) in [4.78, 5) is 13.8. The number of carbonyl (C=O) groups is 1. The summed E-state index contributed by atoms with van der Waals surface area (Å²) < 4.78 is 1.77. The lowest BCUT2D eigenvalue weighted by atomic mass is 10.3. The van der Waals surface area contributed by atoms with Crippen molar-refractivity contribution in [3.63, 3.8) is 0 Å². The van der Waals surface area contributed by atoms with Gasteiger partial charge in [-0.1, -0.05) is 5.92 Å². The first-order valence-electron chi connectivity index (χ1n) is 5.98. The lowest BCUT2D eigenvalue weighted by Gasteiger charge is -2.19. The Morgan fingerprint density at radius 3 is 3.00 bits per heavy atom. The zero-order valence-electron chi connectivity index (χ0n) is 9.88. The van der Waals surface area contributed by atoms with Gasteiger partial charge in [0, 0.05) is 31.9 Å². The van der Waals surface area contributed by atoms with Crippen molar-refractivity contribution in [2.75, 3.05) is 13.1 Å². The van der Waals surface area contributed by atoms with Crippen LogP contribution < -0.4 is 0 Å². The van der Waals surface area contributed by atoms with E-state index in [0.717, 1.165) is 6.54 Å². The second-order valence-electron chi connectivity index (χ2n) is 4.44. The third kappa shape index (κ3) is 3.63. The summed E-state index contributed by atoms with van der Waals surface area (Å²) in [5.74, 6) is 3.37. The van der Waals surface area contributed by atoms with Crippen LogP contribution in [0.15, 0.2) is 18.5 Å². The normalized spacial score (nSPS) is 14.3. The van der Waals surface area contributed by atoms with Gasteiger partial charge in [0.05, 0.1) is 6.54 Å². The molecule has 0 radical (unpaired) electrons. The molecule has 1 aromatic heterocycles. The summed E-state index contributed by atoms with van der Waals surface area (Å²) >= 11 is 0. The van der Waals surface area contributed by atoms with E-state index in [-0.39, 0.29) is 5.91 Å². The van der Waals surface area contributed by atoms with Crippen LogP contribution in [0.4, 0.5) is 0 Å². The van der Waals surface area contributed by atoms with E-state index < -0.39 is 0 Å². The van der Waals surface area contributed by atoms with Crippen LogP contribution in [-0.4, -0.2) is 33.7 Å². The first-order chi connectivity index (χ1) is 8.29. The molecule has 0 aromatic carbocycles. The van der Waals surface area contributed by atoms with Gasteiger partial charge in [0.2, 0.25) is 5.91 Å². The quantitative estimate of drug-likeness (QED) is 0.689. The standard InChI is InChI=1S/C13H17N3O/c1-2-8-15(11-12-4-5-12)13(17)6-10-16-9-3-7-14-16/h1,3,7,9,12H,4-6,8,10-11H2. The highest BCUT2D eigenvalue weighted by Gasteiger charge is 2.26. The van der Waals surface area contributed by atoms with Crippen LogP contribution in [0.25, 0.3) is 0 Å². The largest absolute Gasteiger partial charge is 0.331 e. The van der Waals surface area contributed by atoms with Crippen molar-refractivity contribution in [2.45, 2.75) is 25.8 Å². The monoisotopic (exact) mass is 231 g/mol. The summed E-state index contributed by atoms with van der Waals surface area (Å²) in [6.07, 6.45) is 11.8. The number of nitrogens with zero attached hydrogens (tertiary/aromatic N) is 3. The van der Waals surface area contributed by atoms with Crippen LogP contribution in [0.2, 0.25) is 0 Å². The van der Waals surface area contributed by atoms with E-state index in [2.05, 4.69) is 11.0 Å². The van der Waals surface area contributed by atoms with Crippen molar-refractivity contribution < 1.29 is 4.79 Å². The fourth-order valence-electron chi connectivity index (χ4n) is 1.78. The Bertz CT molecular complexity index is 401. The molecule has 0 unspecified atom stereocenters. The summed E-state index contributed by atoms with van der Waals surface area (Å²) in [6.45, 7) is 1.87. The van der Waals surface area contributed by atoms with E-state index in [1.807, 2.05) is 12.3 Å². The number of aryl methyl sites for hydroxylation is 1. The van der Waals surface area contributed by atoms with Crippen molar-refractivity contribution in [1.29, 1.82) is 0 Å². The van der Waals surface area contributed by atoms with Gasteiger partial charge in [0.15, 0.2) is 0 Å². The van der Waals surface area contributed by atoms with E-state index in [9.17, 15) is 4.79 Å². The second-order valence-corrected chi connectivity index (χ2v) is 4.44. The van der Waals surface area contributed by atoms with Crippen molar-refractivity contribution in [1.82, 2.24) is 14.7 Å². The fraction of sp³-hybridized carbons (Fsp3) is 0.538. The molecule has 0 bridgehead atoms. The summed E-state index contributed by atoms with van der Waals surface area (Å²) in [6, 6.07) is 1.86. The molecule has 4 nitrogen and oxygen atoms in total. The maximum Gasteiger partial charge on any atom is 0.225 e. The fourth-order valence-corrected chi connectivity index (χ4v) is 1.78. The molecule has 17 heavy (non-hydrogen) atoms. The molecule has 1 heterocycles. The SMILES string of the molecule is C#CCN(CC1CC1)C(=O)CCn1cccn1. The molecule has 2 rings (SSSR count). The molecule has 0 saturated heterocycles. The third-order valence-electron chi connectivity index (χ3n) is 2.92. The predicted octanol–water partition coefficient (Wildman–Crippen LogP) is 1.15. The maximum atomic E-state index is 12.0. The average Bonchev–Trinajstić information content (AvgIpc) is 2.99. The number of amides is 1. The number of rotatable bonds is 6. The van der Waals surface area contributed by atoms with Crippen molar-refractivity contribution in [3.8, 4) is 12.3 Å². The zero-order valence-corrected chi connectivity index (χ0v) is 9.88. The highest BCUT2D eigenvalue weighted by molar-refractivity contribution is 5.76. The molecule has 0 atom stereocenters. The number of carbonyl (C=O) groups excluding carboxylic acids is 1. The molecule has 0 aliphatic heterocycles. The molecule has 1 amide bonds. The van der Waals surface area contributed by atoms with Gasteiger partial charge in [-0.25, -0.2) is 0 Å². The van der Waals surface area contributed by atoms with Gasteiger partial charge in [0.25, 0.3) is 0 Å². The second kappa shape index (κ2) is 5.53. The van der Waals surface area contributed by atoms with E-state index in [1.54, 1.807) is 15.8 Å². The van der Waals surface area contributed by atoms with Crippen LogP contribution in [0, 0.1) is 18.3 Å². The molecule has 1 saturated carbocycles. The highest BCUT2D eigenvalue weighted by atomic mass is 16.2. The number of hydrogen-bond acceptors (Lipinski definition) is 2. The van der Waals surface area contributed by atoms with Gasteiger partial charge in [-0.3, -0.25) is 9.48 Å². The number of hydrogen-bond donors (Lipinski definition) is 0. The zero-order chi connectivity index (χ0) is 12.1. The number of aromatic nitrogens is 2. The molecule has 1 aliphatic rings. The van der Waals surface area contributed by atoms with Gasteiger partial charge >= 0.3 is 0 Å². The van der Waals surface area contributed by atoms with E-state index in [0.29, 0.717) is 25.4 Å². The predicted molar refractivity (Wildman–Crippen MR) is 65.0 cm³/mol. The van der Waals surface area contributed by atoms with Gasteiger partial charge in [-0.05, 0) is 24.8 Å². The summed E-state index contributed by atoms with van der Waals surface area (Å²) in [5.41, 5.74) is 0. The molecule has 4 heteroatoms. The molecule has 1 aliphatic carbocycles. The lowest BCUT2D eigenvalue weighted by molar-refractivity contribution is -0.131. The Morgan fingerprint density at radius 1 is 1.59 bits per heavy atom.